The van der Waals surface area contributed by atoms with Crippen LogP contribution in [0.2, 0.25) is 0 Å². The number of aromatic nitrogens is 2. The Bertz CT molecular complexity index is 1370. The second-order valence-electron chi connectivity index (χ2n) is 7.27. The van der Waals surface area contributed by atoms with E-state index in [1.54, 1.807) is 6.92 Å². The Morgan fingerprint density at radius 2 is 1.85 bits per heavy atom. The third-order valence-corrected chi connectivity index (χ3v) is 6.11. The number of carbonyl (C=O) groups is 1. The van der Waals surface area contributed by atoms with Crippen molar-refractivity contribution < 1.29 is 22.5 Å². The minimum absolute atomic E-state index is 0.122. The number of allylic oxidation sites excluding steroid dienone is 1. The van der Waals surface area contributed by atoms with Crippen LogP contribution in [0.4, 0.5) is 23.7 Å². The minimum atomic E-state index is -1.09. The monoisotopic (exact) mass is 468 g/mol. The van der Waals surface area contributed by atoms with Crippen molar-refractivity contribution in [3.05, 3.63) is 94.6 Å². The number of rotatable bonds is 4. The number of amides is 2. The van der Waals surface area contributed by atoms with Gasteiger partial charge in [-0.15, -0.1) is 11.3 Å². The van der Waals surface area contributed by atoms with Crippen LogP contribution in [0.25, 0.3) is 16.3 Å². The van der Waals surface area contributed by atoms with Gasteiger partial charge in [0.05, 0.1) is 22.2 Å². The Morgan fingerprint density at radius 3 is 2.55 bits per heavy atom. The van der Waals surface area contributed by atoms with Gasteiger partial charge in [0.1, 0.15) is 5.82 Å². The van der Waals surface area contributed by atoms with Crippen molar-refractivity contribution in [2.75, 3.05) is 4.90 Å². The smallest absolute Gasteiger partial charge is 0.327 e. The van der Waals surface area contributed by atoms with Gasteiger partial charge >= 0.3 is 6.03 Å². The number of halogens is 3. The summed E-state index contributed by atoms with van der Waals surface area (Å²) in [5, 5.41) is 8.74. The molecule has 33 heavy (non-hydrogen) atoms. The van der Waals surface area contributed by atoms with Crippen molar-refractivity contribution >= 4 is 28.6 Å². The molecule has 0 spiro atoms. The number of hydrogen-bond acceptors (Lipinski definition) is 5. The zero-order chi connectivity index (χ0) is 23.1. The molecule has 0 saturated carbocycles. The third-order valence-electron chi connectivity index (χ3n) is 5.25. The third kappa shape index (κ3) is 3.78. The Morgan fingerprint density at radius 1 is 1.06 bits per heavy atom. The summed E-state index contributed by atoms with van der Waals surface area (Å²) in [6.07, 6.45) is 0. The molecule has 0 radical (unpaired) electrons. The Hall–Kier alpha value is -3.92. The lowest BCUT2D eigenvalue weighted by Gasteiger charge is -2.35. The van der Waals surface area contributed by atoms with E-state index in [4.69, 9.17) is 4.52 Å². The summed E-state index contributed by atoms with van der Waals surface area (Å²) in [6.45, 7) is 1.64. The second kappa shape index (κ2) is 8.21. The zero-order valence-electron chi connectivity index (χ0n) is 17.1. The van der Waals surface area contributed by atoms with E-state index in [9.17, 15) is 18.0 Å². The number of hydrogen-bond donors (Lipinski definition) is 1. The number of anilines is 1. The lowest BCUT2D eigenvalue weighted by molar-refractivity contribution is 0.244. The first-order valence-electron chi connectivity index (χ1n) is 9.82. The number of carbonyl (C=O) groups excluding carboxylic acids is 1. The van der Waals surface area contributed by atoms with Crippen molar-refractivity contribution in [1.82, 2.24) is 15.5 Å². The van der Waals surface area contributed by atoms with E-state index in [-0.39, 0.29) is 11.6 Å². The highest BCUT2D eigenvalue weighted by atomic mass is 32.1. The molecule has 1 aliphatic rings. The van der Waals surface area contributed by atoms with Gasteiger partial charge in [-0.3, -0.25) is 4.90 Å². The number of benzene rings is 2. The number of urea groups is 1. The van der Waals surface area contributed by atoms with Crippen molar-refractivity contribution in [2.45, 2.75) is 13.0 Å². The molecular weight excluding hydrogens is 453 g/mol. The molecule has 1 unspecified atom stereocenters. The maximum Gasteiger partial charge on any atom is 0.327 e. The van der Waals surface area contributed by atoms with Crippen LogP contribution in [0.15, 0.2) is 70.2 Å². The average Bonchev–Trinajstić information content (AvgIpc) is 3.48. The van der Waals surface area contributed by atoms with Gasteiger partial charge in [0, 0.05) is 11.8 Å². The van der Waals surface area contributed by atoms with Gasteiger partial charge in [0.2, 0.25) is 5.82 Å². The van der Waals surface area contributed by atoms with E-state index in [1.807, 2.05) is 17.5 Å². The summed E-state index contributed by atoms with van der Waals surface area (Å²) in [6, 6.07) is 11.2. The molecule has 2 aromatic carbocycles. The fourth-order valence-corrected chi connectivity index (χ4v) is 4.35. The van der Waals surface area contributed by atoms with Crippen LogP contribution in [-0.4, -0.2) is 16.2 Å². The number of nitrogens with one attached hydrogen (secondary N) is 1. The number of thiophene rings is 1. The van der Waals surface area contributed by atoms with Gasteiger partial charge in [-0.1, -0.05) is 23.4 Å². The van der Waals surface area contributed by atoms with E-state index >= 15 is 0 Å². The van der Waals surface area contributed by atoms with E-state index in [0.29, 0.717) is 22.7 Å². The Labute approximate surface area is 190 Å². The van der Waals surface area contributed by atoms with Crippen molar-refractivity contribution in [1.29, 1.82) is 0 Å². The fraction of sp³-hybridized carbons (Fsp3) is 0.0870. The molecule has 10 heteroatoms. The SMILES string of the molecule is CC1=C(c2nc(-c3cccs3)no2)C(c2ccc(F)cc2)NC(=O)N1c1ccc(F)c(F)c1. The highest BCUT2D eigenvalue weighted by Gasteiger charge is 2.36. The van der Waals surface area contributed by atoms with Crippen LogP contribution in [0.3, 0.4) is 0 Å². The highest BCUT2D eigenvalue weighted by molar-refractivity contribution is 7.13. The Balaban J connectivity index is 1.67. The molecule has 4 aromatic rings. The largest absolute Gasteiger partial charge is 0.334 e. The molecule has 166 valence electrons. The molecule has 0 saturated heterocycles. The van der Waals surface area contributed by atoms with Crippen LogP contribution in [-0.2, 0) is 0 Å². The van der Waals surface area contributed by atoms with Crippen molar-refractivity contribution in [3.63, 3.8) is 0 Å². The molecule has 0 aliphatic carbocycles. The molecular formula is C23H15F3N4O2S. The second-order valence-corrected chi connectivity index (χ2v) is 8.22. The molecule has 0 fully saturated rings. The molecule has 2 aromatic heterocycles. The zero-order valence-corrected chi connectivity index (χ0v) is 17.9. The number of nitrogens with zero attached hydrogens (tertiary/aromatic N) is 3. The predicted molar refractivity (Wildman–Crippen MR) is 117 cm³/mol. The van der Waals surface area contributed by atoms with E-state index in [0.717, 1.165) is 17.0 Å². The minimum Gasteiger partial charge on any atom is -0.334 e. The highest BCUT2D eigenvalue weighted by Crippen LogP contribution is 2.39. The maximum atomic E-state index is 13.9. The normalized spacial score (nSPS) is 16.3. The van der Waals surface area contributed by atoms with E-state index in [2.05, 4.69) is 15.5 Å². The van der Waals surface area contributed by atoms with Crippen LogP contribution < -0.4 is 10.2 Å². The Kier molecular flexibility index (Phi) is 5.21. The van der Waals surface area contributed by atoms with Crippen LogP contribution >= 0.6 is 11.3 Å². The average molecular weight is 468 g/mol. The molecule has 3 heterocycles. The van der Waals surface area contributed by atoms with Gasteiger partial charge in [-0.25, -0.2) is 18.0 Å². The molecule has 5 rings (SSSR count). The van der Waals surface area contributed by atoms with Crippen LogP contribution in [0.5, 0.6) is 0 Å². The maximum absolute atomic E-state index is 13.9. The molecule has 1 N–H and O–H groups in total. The summed E-state index contributed by atoms with van der Waals surface area (Å²) in [5.74, 6) is -2.04. The predicted octanol–water partition coefficient (Wildman–Crippen LogP) is 5.92. The first-order chi connectivity index (χ1) is 15.9. The van der Waals surface area contributed by atoms with Gasteiger partial charge in [-0.2, -0.15) is 4.98 Å². The van der Waals surface area contributed by atoms with Gasteiger partial charge in [0.25, 0.3) is 5.89 Å². The first kappa shape index (κ1) is 21.0. The van der Waals surface area contributed by atoms with E-state index in [1.165, 1.54) is 46.6 Å². The lowest BCUT2D eigenvalue weighted by Crippen LogP contribution is -2.46. The molecule has 6 nitrogen and oxygen atoms in total. The summed E-state index contributed by atoms with van der Waals surface area (Å²) in [4.78, 5) is 19.5. The van der Waals surface area contributed by atoms with Crippen LogP contribution in [0, 0.1) is 17.5 Å². The topological polar surface area (TPSA) is 71.3 Å². The van der Waals surface area contributed by atoms with Crippen molar-refractivity contribution in [2.24, 2.45) is 0 Å². The van der Waals surface area contributed by atoms with Crippen molar-refractivity contribution in [3.8, 4) is 10.7 Å². The summed E-state index contributed by atoms with van der Waals surface area (Å²) in [5.41, 5.74) is 1.53. The first-order valence-corrected chi connectivity index (χ1v) is 10.7. The lowest BCUT2D eigenvalue weighted by atomic mass is 9.94. The summed E-state index contributed by atoms with van der Waals surface area (Å²) in [7, 11) is 0. The van der Waals surface area contributed by atoms with Gasteiger partial charge in [0.15, 0.2) is 11.6 Å². The molecule has 1 atom stereocenters. The van der Waals surface area contributed by atoms with Crippen LogP contribution in [0.1, 0.15) is 24.4 Å². The molecule has 2 amide bonds. The van der Waals surface area contributed by atoms with Gasteiger partial charge < -0.3 is 9.84 Å². The molecule has 0 bridgehead atoms. The quantitative estimate of drug-likeness (QED) is 0.404. The summed E-state index contributed by atoms with van der Waals surface area (Å²) >= 11 is 1.44. The van der Waals surface area contributed by atoms with E-state index < -0.39 is 29.5 Å². The van der Waals surface area contributed by atoms with Gasteiger partial charge in [-0.05, 0) is 48.2 Å². The summed E-state index contributed by atoms with van der Waals surface area (Å²) < 4.78 is 46.5. The molecule has 1 aliphatic heterocycles. The fourth-order valence-electron chi connectivity index (χ4n) is 3.70. The standard InChI is InChI=1S/C23H15F3N4O2S/c1-12-19(22-28-21(29-32-22)18-3-2-10-33-18)20(13-4-6-14(24)7-5-13)27-23(31)30(12)15-8-9-16(25)17(26)11-15/h2-11,20H,1H3,(H,27,31).